The van der Waals surface area contributed by atoms with Gasteiger partial charge in [0.1, 0.15) is 11.3 Å². The van der Waals surface area contributed by atoms with Crippen LogP contribution in [0.4, 0.5) is 0 Å². The van der Waals surface area contributed by atoms with Crippen molar-refractivity contribution in [1.82, 2.24) is 28.5 Å². The number of rotatable bonds is 4. The molecule has 0 saturated carbocycles. The number of nitrogens with zero attached hydrogens (tertiary/aromatic N) is 6. The Morgan fingerprint density at radius 2 is 1.02 bits per heavy atom. The minimum absolute atomic E-state index is 0.607. The zero-order chi connectivity index (χ0) is 38.6. The summed E-state index contributed by atoms with van der Waals surface area (Å²) in [6, 6.07) is 68.9. The Kier molecular flexibility index (Phi) is 6.63. The molecule has 0 aliphatic carbocycles. The third-order valence-electron chi connectivity index (χ3n) is 12.0. The molecular formula is C53H32N6. The number of fused-ring (bicyclic) bond motifs is 14. The zero-order valence-electron chi connectivity index (χ0n) is 31.7. The number of hydrogen-bond donors (Lipinski definition) is 0. The Morgan fingerprint density at radius 3 is 1.85 bits per heavy atom. The van der Waals surface area contributed by atoms with Crippen LogP contribution in [0.25, 0.3) is 116 Å². The quantitative estimate of drug-likeness (QED) is 0.180. The fourth-order valence-corrected chi connectivity index (χ4v) is 9.52. The van der Waals surface area contributed by atoms with Crippen molar-refractivity contribution in [2.75, 3.05) is 0 Å². The van der Waals surface area contributed by atoms with Crippen LogP contribution in [0.1, 0.15) is 0 Å². The van der Waals surface area contributed by atoms with Gasteiger partial charge in [0, 0.05) is 49.1 Å². The van der Waals surface area contributed by atoms with E-state index in [1.54, 1.807) is 0 Å². The predicted octanol–water partition coefficient (Wildman–Crippen LogP) is 13.1. The van der Waals surface area contributed by atoms with Crippen LogP contribution in [0.5, 0.6) is 0 Å². The van der Waals surface area contributed by atoms with E-state index in [1.165, 1.54) is 21.8 Å². The number of imidazole rings is 1. The molecule has 8 aromatic carbocycles. The van der Waals surface area contributed by atoms with Crippen molar-refractivity contribution in [1.29, 1.82) is 0 Å². The first-order chi connectivity index (χ1) is 29.3. The Labute approximate surface area is 337 Å². The second-order valence-electron chi connectivity index (χ2n) is 15.2. The maximum Gasteiger partial charge on any atom is 0.236 e. The second kappa shape index (κ2) is 12.2. The molecule has 0 fully saturated rings. The molecule has 274 valence electrons. The summed E-state index contributed by atoms with van der Waals surface area (Å²) in [5, 5.41) is 7.93. The van der Waals surface area contributed by atoms with Gasteiger partial charge in [-0.3, -0.25) is 8.97 Å². The van der Waals surface area contributed by atoms with Gasteiger partial charge in [0.15, 0.2) is 0 Å². The molecular weight excluding hydrogens is 721 g/mol. The van der Waals surface area contributed by atoms with E-state index in [1.807, 2.05) is 6.07 Å². The lowest BCUT2D eigenvalue weighted by Gasteiger charge is -2.13. The summed E-state index contributed by atoms with van der Waals surface area (Å²) in [7, 11) is 0. The molecule has 59 heavy (non-hydrogen) atoms. The molecule has 0 atom stereocenters. The third-order valence-corrected chi connectivity index (χ3v) is 12.0. The molecule has 5 aromatic heterocycles. The van der Waals surface area contributed by atoms with Gasteiger partial charge in [-0.15, -0.1) is 0 Å². The van der Waals surface area contributed by atoms with Crippen LogP contribution < -0.4 is 0 Å². The number of para-hydroxylation sites is 6. The van der Waals surface area contributed by atoms with E-state index in [4.69, 9.17) is 15.0 Å². The van der Waals surface area contributed by atoms with Crippen molar-refractivity contribution in [2.24, 2.45) is 0 Å². The average molecular weight is 753 g/mol. The van der Waals surface area contributed by atoms with E-state index in [0.29, 0.717) is 5.95 Å². The van der Waals surface area contributed by atoms with Gasteiger partial charge >= 0.3 is 0 Å². The minimum Gasteiger partial charge on any atom is -0.309 e. The molecule has 0 unspecified atom stereocenters. The van der Waals surface area contributed by atoms with Crippen molar-refractivity contribution in [2.45, 2.75) is 0 Å². The van der Waals surface area contributed by atoms with Crippen molar-refractivity contribution >= 4 is 82.1 Å². The average Bonchev–Trinajstić information content (AvgIpc) is 3.97. The summed E-state index contributed by atoms with van der Waals surface area (Å²) >= 11 is 0. The second-order valence-corrected chi connectivity index (χ2v) is 15.2. The lowest BCUT2D eigenvalue weighted by molar-refractivity contribution is 0.991. The first-order valence-corrected chi connectivity index (χ1v) is 20.0. The van der Waals surface area contributed by atoms with Gasteiger partial charge in [0.05, 0.1) is 38.8 Å². The third kappa shape index (κ3) is 4.54. The molecule has 13 aromatic rings. The van der Waals surface area contributed by atoms with E-state index in [-0.39, 0.29) is 0 Å². The van der Waals surface area contributed by atoms with E-state index < -0.39 is 0 Å². The number of benzene rings is 8. The van der Waals surface area contributed by atoms with Gasteiger partial charge < -0.3 is 4.57 Å². The van der Waals surface area contributed by atoms with Crippen LogP contribution >= 0.6 is 0 Å². The number of hydrogen-bond acceptors (Lipinski definition) is 3. The lowest BCUT2D eigenvalue weighted by Crippen LogP contribution is -2.06. The first kappa shape index (κ1) is 32.0. The van der Waals surface area contributed by atoms with Crippen LogP contribution in [-0.2, 0) is 0 Å². The van der Waals surface area contributed by atoms with Crippen LogP contribution in [0, 0.1) is 0 Å². The van der Waals surface area contributed by atoms with Gasteiger partial charge in [-0.2, -0.15) is 0 Å². The SMILES string of the molecule is c1ccc(-c2nc(-n3c4ccc(-c5cccc6c7ccccc7n(-c7ccccc7)c56)cc4c4c5ccccc5c5nc6ccccc6n5c43)nc3ccccc23)cc1. The van der Waals surface area contributed by atoms with Crippen LogP contribution in [0.3, 0.4) is 0 Å². The van der Waals surface area contributed by atoms with Crippen molar-refractivity contribution in [3.05, 3.63) is 194 Å². The van der Waals surface area contributed by atoms with E-state index in [2.05, 4.69) is 202 Å². The van der Waals surface area contributed by atoms with Crippen LogP contribution in [0.15, 0.2) is 194 Å². The lowest BCUT2D eigenvalue weighted by atomic mass is 9.99. The number of pyridine rings is 1. The predicted molar refractivity (Wildman–Crippen MR) is 243 cm³/mol. The van der Waals surface area contributed by atoms with E-state index in [0.717, 1.165) is 88.4 Å². The van der Waals surface area contributed by atoms with Gasteiger partial charge in [-0.1, -0.05) is 146 Å². The topological polar surface area (TPSA) is 52.9 Å². The van der Waals surface area contributed by atoms with Gasteiger partial charge in [0.25, 0.3) is 0 Å². The molecule has 6 nitrogen and oxygen atoms in total. The van der Waals surface area contributed by atoms with Gasteiger partial charge in [0.2, 0.25) is 5.95 Å². The molecule has 0 aliphatic heterocycles. The summed E-state index contributed by atoms with van der Waals surface area (Å²) < 4.78 is 7.00. The normalized spacial score (nSPS) is 12.1. The summed E-state index contributed by atoms with van der Waals surface area (Å²) in [5.74, 6) is 0.607. The Balaban J connectivity index is 1.21. The first-order valence-electron chi connectivity index (χ1n) is 20.0. The molecule has 0 saturated heterocycles. The molecule has 0 spiro atoms. The molecule has 6 heteroatoms. The van der Waals surface area contributed by atoms with E-state index >= 15 is 0 Å². The molecule has 5 heterocycles. The summed E-state index contributed by atoms with van der Waals surface area (Å²) in [6.45, 7) is 0. The molecule has 13 rings (SSSR count). The zero-order valence-corrected chi connectivity index (χ0v) is 31.7. The van der Waals surface area contributed by atoms with Crippen LogP contribution in [-0.4, -0.2) is 28.5 Å². The molecule has 0 bridgehead atoms. The Morgan fingerprint density at radius 1 is 0.373 bits per heavy atom. The standard InChI is InChI=1S/C53H32N6/c1-3-16-33(17-4-1)49-41-23-9-11-26-43(41)55-53(56-49)59-46-31-30-34(36-24-15-25-39-37-20-10-13-28-45(37)57(50(36)39)35-18-5-2-6-19-35)32-42(46)48-38-21-7-8-22-40(38)51-54-44-27-12-14-29-47(44)58(51)52(48)59/h1-32H. The van der Waals surface area contributed by atoms with E-state index in [9.17, 15) is 0 Å². The molecule has 0 amide bonds. The molecule has 0 N–H and O–H groups in total. The van der Waals surface area contributed by atoms with Crippen LogP contribution in [0.2, 0.25) is 0 Å². The summed E-state index contributed by atoms with van der Waals surface area (Å²) in [5.41, 5.74) is 13.5. The smallest absolute Gasteiger partial charge is 0.236 e. The largest absolute Gasteiger partial charge is 0.309 e. The highest BCUT2D eigenvalue weighted by Gasteiger charge is 2.25. The fourth-order valence-electron chi connectivity index (χ4n) is 9.52. The maximum absolute atomic E-state index is 5.47. The van der Waals surface area contributed by atoms with Gasteiger partial charge in [-0.05, 0) is 59.5 Å². The molecule has 0 aliphatic rings. The molecule has 0 radical (unpaired) electrons. The van der Waals surface area contributed by atoms with Crippen molar-refractivity contribution in [3.63, 3.8) is 0 Å². The van der Waals surface area contributed by atoms with Crippen molar-refractivity contribution < 1.29 is 0 Å². The number of aromatic nitrogens is 6. The maximum atomic E-state index is 5.47. The Bertz CT molecular complexity index is 3840. The summed E-state index contributed by atoms with van der Waals surface area (Å²) in [4.78, 5) is 16.1. The highest BCUT2D eigenvalue weighted by atomic mass is 15.2. The van der Waals surface area contributed by atoms with Gasteiger partial charge in [-0.25, -0.2) is 15.0 Å². The highest BCUT2D eigenvalue weighted by Crippen LogP contribution is 2.44. The van der Waals surface area contributed by atoms with Crippen molar-refractivity contribution in [3.8, 4) is 34.0 Å². The fraction of sp³-hybridized carbons (Fsp3) is 0. The monoisotopic (exact) mass is 752 g/mol. The summed E-state index contributed by atoms with van der Waals surface area (Å²) in [6.07, 6.45) is 0. The highest BCUT2D eigenvalue weighted by molar-refractivity contribution is 6.25. The minimum atomic E-state index is 0.607. The Hall–Kier alpha value is -8.09.